The fraction of sp³-hybridized carbons (Fsp3) is 0.583. The highest BCUT2D eigenvalue weighted by atomic mass is 79.9. The number of esters is 1. The molecule has 1 aliphatic heterocycles. The smallest absolute Gasteiger partial charge is 0.410 e. The van der Waals surface area contributed by atoms with E-state index in [2.05, 4.69) is 20.5 Å². The molecule has 0 N–H and O–H groups in total. The highest BCUT2D eigenvalue weighted by Crippen LogP contribution is 2.41. The third-order valence-corrected chi connectivity index (χ3v) is 6.71. The molecule has 1 aromatic heterocycles. The number of carbonyl (C=O) groups excluding carboxylic acids is 2. The monoisotopic (exact) mass is 508 g/mol. The van der Waals surface area contributed by atoms with E-state index in [0.717, 1.165) is 37.7 Å². The zero-order chi connectivity index (χ0) is 23.2. The van der Waals surface area contributed by atoms with Crippen LogP contribution < -0.4 is 0 Å². The van der Waals surface area contributed by atoms with Crippen molar-refractivity contribution in [1.82, 2.24) is 9.47 Å². The zero-order valence-corrected chi connectivity index (χ0v) is 20.6. The maximum absolute atomic E-state index is 15.9. The summed E-state index contributed by atoms with van der Waals surface area (Å²) in [5.41, 5.74) is 1.10. The fourth-order valence-electron chi connectivity index (χ4n) is 4.49. The minimum Gasteiger partial charge on any atom is -0.465 e. The van der Waals surface area contributed by atoms with Crippen LogP contribution in [0.25, 0.3) is 10.9 Å². The van der Waals surface area contributed by atoms with Crippen LogP contribution in [0.15, 0.2) is 16.6 Å². The molecule has 1 amide bonds. The van der Waals surface area contributed by atoms with Gasteiger partial charge in [0, 0.05) is 35.4 Å². The van der Waals surface area contributed by atoms with Crippen molar-refractivity contribution in [2.45, 2.75) is 64.5 Å². The summed E-state index contributed by atoms with van der Waals surface area (Å²) in [6.45, 7) is 7.27. The van der Waals surface area contributed by atoms with Crippen molar-refractivity contribution in [3.05, 3.63) is 33.7 Å². The highest BCUT2D eigenvalue weighted by Gasteiger charge is 2.35. The maximum atomic E-state index is 15.9. The van der Waals surface area contributed by atoms with Gasteiger partial charge in [-0.2, -0.15) is 0 Å². The predicted octanol–water partition coefficient (Wildman–Crippen LogP) is 5.85. The summed E-state index contributed by atoms with van der Waals surface area (Å²) in [5, 5.41) is 0.407. The van der Waals surface area contributed by atoms with Gasteiger partial charge in [0.25, 0.3) is 0 Å². The van der Waals surface area contributed by atoms with E-state index in [1.54, 1.807) is 17.0 Å². The molecule has 1 saturated carbocycles. The van der Waals surface area contributed by atoms with Gasteiger partial charge < -0.3 is 18.9 Å². The number of halogens is 2. The molecule has 2 heterocycles. The van der Waals surface area contributed by atoms with E-state index >= 15 is 4.39 Å². The number of ether oxygens (including phenoxy) is 2. The molecular weight excluding hydrogens is 479 g/mol. The lowest BCUT2D eigenvalue weighted by molar-refractivity contribution is 0.0194. The first-order chi connectivity index (χ1) is 15.1. The van der Waals surface area contributed by atoms with Crippen LogP contribution in [-0.2, 0) is 16.0 Å². The van der Waals surface area contributed by atoms with Gasteiger partial charge in [-0.05, 0) is 80.4 Å². The number of likely N-dealkylation sites (tertiary alicyclic amines) is 1. The van der Waals surface area contributed by atoms with Crippen molar-refractivity contribution >= 4 is 38.9 Å². The van der Waals surface area contributed by atoms with Crippen molar-refractivity contribution in [1.29, 1.82) is 0 Å². The van der Waals surface area contributed by atoms with E-state index in [1.165, 1.54) is 7.11 Å². The summed E-state index contributed by atoms with van der Waals surface area (Å²) in [7, 11) is 1.31. The lowest BCUT2D eigenvalue weighted by Gasteiger charge is -2.34. The van der Waals surface area contributed by atoms with Crippen LogP contribution in [0.5, 0.6) is 0 Å². The summed E-state index contributed by atoms with van der Waals surface area (Å²) < 4.78 is 29.1. The number of hydrogen-bond donors (Lipinski definition) is 0. The lowest BCUT2D eigenvalue weighted by Crippen LogP contribution is -2.42. The van der Waals surface area contributed by atoms with E-state index < -0.39 is 11.6 Å². The van der Waals surface area contributed by atoms with Crippen LogP contribution in [0.4, 0.5) is 9.18 Å². The largest absolute Gasteiger partial charge is 0.465 e. The molecule has 1 unspecified atom stereocenters. The average Bonchev–Trinajstić information content (AvgIpc) is 3.50. The van der Waals surface area contributed by atoms with Crippen LogP contribution in [0.3, 0.4) is 0 Å². The second-order valence-corrected chi connectivity index (χ2v) is 10.7. The van der Waals surface area contributed by atoms with Gasteiger partial charge in [-0.3, -0.25) is 0 Å². The molecule has 2 aliphatic rings. The van der Waals surface area contributed by atoms with E-state index in [9.17, 15) is 9.59 Å². The summed E-state index contributed by atoms with van der Waals surface area (Å²) >= 11 is 3.57. The Labute approximate surface area is 196 Å². The fourth-order valence-corrected chi connectivity index (χ4v) is 5.17. The summed E-state index contributed by atoms with van der Waals surface area (Å²) in [4.78, 5) is 26.5. The third kappa shape index (κ3) is 4.65. The predicted molar refractivity (Wildman–Crippen MR) is 123 cm³/mol. The molecule has 0 spiro atoms. The molecule has 1 aromatic carbocycles. The Morgan fingerprint density at radius 2 is 1.94 bits per heavy atom. The molecule has 1 saturated heterocycles. The van der Waals surface area contributed by atoms with Crippen molar-refractivity contribution in [3.8, 4) is 0 Å². The Hall–Kier alpha value is -2.09. The van der Waals surface area contributed by atoms with Gasteiger partial charge in [-0.15, -0.1) is 0 Å². The molecule has 0 bridgehead atoms. The Bertz CT molecular complexity index is 1050. The Balaban J connectivity index is 1.75. The van der Waals surface area contributed by atoms with Gasteiger partial charge in [0.15, 0.2) is 5.82 Å². The molecule has 6 nitrogen and oxygen atoms in total. The van der Waals surface area contributed by atoms with Gasteiger partial charge in [0.2, 0.25) is 0 Å². The maximum Gasteiger partial charge on any atom is 0.410 e. The van der Waals surface area contributed by atoms with Gasteiger partial charge in [-0.1, -0.05) is 0 Å². The normalized spacial score (nSPS) is 19.3. The quantitative estimate of drug-likeness (QED) is 0.485. The zero-order valence-electron chi connectivity index (χ0n) is 19.0. The van der Waals surface area contributed by atoms with Crippen LogP contribution >= 0.6 is 15.9 Å². The number of methoxy groups -OCH3 is 1. The van der Waals surface area contributed by atoms with Gasteiger partial charge in [-0.25, -0.2) is 14.0 Å². The number of piperidine rings is 1. The van der Waals surface area contributed by atoms with Gasteiger partial charge in [0.05, 0.1) is 23.9 Å². The molecule has 2 fully saturated rings. The Morgan fingerprint density at radius 1 is 1.22 bits per heavy atom. The molecule has 8 heteroatoms. The van der Waals surface area contributed by atoms with Crippen LogP contribution in [0, 0.1) is 11.7 Å². The number of amides is 1. The summed E-state index contributed by atoms with van der Waals surface area (Å²) in [6, 6.07) is 3.26. The van der Waals surface area contributed by atoms with Gasteiger partial charge in [0.1, 0.15) is 5.60 Å². The molecule has 2 aromatic rings. The summed E-state index contributed by atoms with van der Waals surface area (Å²) in [5.74, 6) is -0.433. The number of carbonyl (C=O) groups is 2. The van der Waals surface area contributed by atoms with E-state index in [-0.39, 0.29) is 17.8 Å². The first kappa shape index (κ1) is 23.1. The molecule has 32 heavy (non-hydrogen) atoms. The van der Waals surface area contributed by atoms with E-state index in [4.69, 9.17) is 9.47 Å². The van der Waals surface area contributed by atoms with Crippen LogP contribution in [0.2, 0.25) is 0 Å². The minimum atomic E-state index is -0.578. The second kappa shape index (κ2) is 8.69. The first-order valence-corrected chi connectivity index (χ1v) is 12.0. The molecule has 1 atom stereocenters. The number of benzene rings is 1. The molecule has 4 rings (SSSR count). The number of nitrogens with zero attached hydrogens (tertiary/aromatic N) is 2. The Kier molecular flexibility index (Phi) is 6.27. The SMILES string of the molecule is COC(=O)c1cc(Br)c2c(c1)c(F)c(C1CCCN(C(=O)OC(C)(C)C)C1)n2CC1CC1. The van der Waals surface area contributed by atoms with Crippen LogP contribution in [-0.4, -0.2) is 47.3 Å². The number of hydrogen-bond acceptors (Lipinski definition) is 4. The molecular formula is C24H30BrFN2O4. The standard InChI is InChI=1S/C24H30BrFN2O4/c1-24(2,3)32-23(30)27-9-5-6-15(13-27)20-19(26)17-10-16(22(29)31-4)11-18(25)21(17)28(20)12-14-7-8-14/h10-11,14-15H,5-9,12-13H2,1-4H3. The highest BCUT2D eigenvalue weighted by molar-refractivity contribution is 9.10. The van der Waals surface area contributed by atoms with E-state index in [0.29, 0.717) is 40.1 Å². The molecule has 1 aliphatic carbocycles. The topological polar surface area (TPSA) is 60.8 Å². The van der Waals surface area contributed by atoms with Gasteiger partial charge >= 0.3 is 12.1 Å². The first-order valence-electron chi connectivity index (χ1n) is 11.2. The van der Waals surface area contributed by atoms with Crippen LogP contribution in [0.1, 0.15) is 68.4 Å². The van der Waals surface area contributed by atoms with Crippen molar-refractivity contribution < 1.29 is 23.5 Å². The van der Waals surface area contributed by atoms with E-state index in [1.807, 2.05) is 20.8 Å². The van der Waals surface area contributed by atoms with Crippen molar-refractivity contribution in [3.63, 3.8) is 0 Å². The third-order valence-electron chi connectivity index (χ3n) is 6.10. The molecule has 174 valence electrons. The molecule has 0 radical (unpaired) electrons. The lowest BCUT2D eigenvalue weighted by atomic mass is 9.94. The average molecular weight is 509 g/mol. The number of rotatable bonds is 4. The minimum absolute atomic E-state index is 0.143. The van der Waals surface area contributed by atoms with Crippen molar-refractivity contribution in [2.75, 3.05) is 20.2 Å². The second-order valence-electron chi connectivity index (χ2n) is 9.86. The number of aromatic nitrogens is 1. The van der Waals surface area contributed by atoms with Crippen molar-refractivity contribution in [2.24, 2.45) is 5.92 Å². The summed E-state index contributed by atoms with van der Waals surface area (Å²) in [6.07, 6.45) is 3.48. The Morgan fingerprint density at radius 3 is 2.56 bits per heavy atom. The number of fused-ring (bicyclic) bond motifs is 1.